The van der Waals surface area contributed by atoms with E-state index in [1.807, 2.05) is 0 Å². The van der Waals surface area contributed by atoms with Crippen LogP contribution in [0.2, 0.25) is 0 Å². The summed E-state index contributed by atoms with van der Waals surface area (Å²) in [5.74, 6) is -4.20. The second-order valence-corrected chi connectivity index (χ2v) is 5.84. The Morgan fingerprint density at radius 3 is 2.46 bits per heavy atom. The summed E-state index contributed by atoms with van der Waals surface area (Å²) in [6, 6.07) is 5.35. The first kappa shape index (κ1) is 16.1. The summed E-state index contributed by atoms with van der Waals surface area (Å²) in [5, 5.41) is 12.7. The Labute approximate surface area is 138 Å². The normalized spacial score (nSPS) is 11.8. The third kappa shape index (κ3) is 2.76. The number of pyridine rings is 1. The molecule has 0 unspecified atom stereocenters. The van der Waals surface area contributed by atoms with Gasteiger partial charge in [0.05, 0.1) is 16.3 Å². The number of thiazole rings is 1. The zero-order chi connectivity index (χ0) is 17.3. The quantitative estimate of drug-likeness (QED) is 0.328. The summed E-state index contributed by atoms with van der Waals surface area (Å²) >= 11 is 1.15. The lowest BCUT2D eigenvalue weighted by Crippen LogP contribution is -1.99. The lowest BCUT2D eigenvalue weighted by atomic mass is 10.1. The van der Waals surface area contributed by atoms with Gasteiger partial charge < -0.3 is 5.21 Å². The van der Waals surface area contributed by atoms with Gasteiger partial charge >= 0.3 is 0 Å². The van der Waals surface area contributed by atoms with Crippen LogP contribution >= 0.6 is 11.3 Å². The van der Waals surface area contributed by atoms with Crippen molar-refractivity contribution in [2.45, 2.75) is 6.92 Å². The van der Waals surface area contributed by atoms with Gasteiger partial charge in [-0.2, -0.15) is 0 Å². The third-order valence-electron chi connectivity index (χ3n) is 3.32. The summed E-state index contributed by atoms with van der Waals surface area (Å²) in [6.07, 6.45) is 3.14. The van der Waals surface area contributed by atoms with Gasteiger partial charge in [0.1, 0.15) is 5.01 Å². The van der Waals surface area contributed by atoms with E-state index < -0.39 is 17.5 Å². The SMILES string of the molecule is C/C(=N/O)c1sc(-c2ccncc2)nc1-c1ccc(F)c(F)c1F. The van der Waals surface area contributed by atoms with E-state index in [1.165, 1.54) is 6.92 Å². The van der Waals surface area contributed by atoms with Gasteiger partial charge in [-0.3, -0.25) is 4.98 Å². The largest absolute Gasteiger partial charge is 0.411 e. The van der Waals surface area contributed by atoms with E-state index in [9.17, 15) is 13.2 Å². The highest BCUT2D eigenvalue weighted by atomic mass is 32.1. The molecule has 24 heavy (non-hydrogen) atoms. The number of halogens is 3. The highest BCUT2D eigenvalue weighted by Gasteiger charge is 2.22. The van der Waals surface area contributed by atoms with Crippen LogP contribution in [-0.2, 0) is 0 Å². The number of oxime groups is 1. The molecule has 2 heterocycles. The lowest BCUT2D eigenvalue weighted by molar-refractivity contribution is 0.319. The molecule has 0 saturated carbocycles. The maximum Gasteiger partial charge on any atom is 0.195 e. The van der Waals surface area contributed by atoms with Crippen LogP contribution in [0.1, 0.15) is 11.8 Å². The van der Waals surface area contributed by atoms with E-state index in [4.69, 9.17) is 5.21 Å². The van der Waals surface area contributed by atoms with Crippen LogP contribution in [0.5, 0.6) is 0 Å². The summed E-state index contributed by atoms with van der Waals surface area (Å²) < 4.78 is 40.9. The maximum atomic E-state index is 14.1. The molecule has 3 aromatic rings. The number of benzene rings is 1. The molecule has 8 heteroatoms. The topological polar surface area (TPSA) is 58.4 Å². The van der Waals surface area contributed by atoms with E-state index >= 15 is 0 Å². The Hall–Kier alpha value is -2.74. The molecule has 0 aliphatic heterocycles. The summed E-state index contributed by atoms with van der Waals surface area (Å²) in [6.45, 7) is 1.51. The van der Waals surface area contributed by atoms with Crippen molar-refractivity contribution < 1.29 is 18.4 Å². The Kier molecular flexibility index (Phi) is 4.30. The molecule has 0 saturated heterocycles. The van der Waals surface area contributed by atoms with Gasteiger partial charge in [-0.15, -0.1) is 11.3 Å². The molecule has 4 nitrogen and oxygen atoms in total. The maximum absolute atomic E-state index is 14.1. The number of hydrogen-bond donors (Lipinski definition) is 1. The summed E-state index contributed by atoms with van der Waals surface area (Å²) in [7, 11) is 0. The van der Waals surface area contributed by atoms with E-state index in [1.54, 1.807) is 24.5 Å². The first-order valence-electron chi connectivity index (χ1n) is 6.77. The highest BCUT2D eigenvalue weighted by molar-refractivity contribution is 7.17. The molecular formula is C16H10F3N3OS. The van der Waals surface area contributed by atoms with Crippen molar-refractivity contribution in [3.8, 4) is 21.8 Å². The van der Waals surface area contributed by atoms with Crippen molar-refractivity contribution >= 4 is 17.0 Å². The van der Waals surface area contributed by atoms with E-state index in [2.05, 4.69) is 15.1 Å². The van der Waals surface area contributed by atoms with Crippen molar-refractivity contribution in [1.29, 1.82) is 0 Å². The fourth-order valence-corrected chi connectivity index (χ4v) is 3.15. The van der Waals surface area contributed by atoms with E-state index in [0.29, 0.717) is 9.88 Å². The van der Waals surface area contributed by atoms with Gasteiger partial charge in [-0.1, -0.05) is 5.16 Å². The number of rotatable bonds is 3. The number of aromatic nitrogens is 2. The molecular weight excluding hydrogens is 339 g/mol. The second-order valence-electron chi connectivity index (χ2n) is 4.84. The van der Waals surface area contributed by atoms with Crippen LogP contribution in [0.3, 0.4) is 0 Å². The first-order chi connectivity index (χ1) is 11.5. The van der Waals surface area contributed by atoms with Crippen LogP contribution in [-0.4, -0.2) is 20.9 Å². The van der Waals surface area contributed by atoms with Crippen LogP contribution in [0.15, 0.2) is 41.8 Å². The van der Waals surface area contributed by atoms with Gasteiger partial charge in [-0.25, -0.2) is 18.2 Å². The second kappa shape index (κ2) is 6.40. The fourth-order valence-electron chi connectivity index (χ4n) is 2.12. The predicted octanol–water partition coefficient (Wildman–Crippen LogP) is 4.49. The van der Waals surface area contributed by atoms with Gasteiger partial charge in [-0.05, 0) is 31.2 Å². The van der Waals surface area contributed by atoms with Crippen molar-refractivity contribution in [1.82, 2.24) is 9.97 Å². The molecule has 0 radical (unpaired) electrons. The number of hydrogen-bond acceptors (Lipinski definition) is 5. The van der Waals surface area contributed by atoms with Crippen molar-refractivity contribution in [2.75, 3.05) is 0 Å². The third-order valence-corrected chi connectivity index (χ3v) is 4.54. The first-order valence-corrected chi connectivity index (χ1v) is 7.58. The molecule has 0 spiro atoms. The van der Waals surface area contributed by atoms with Crippen molar-refractivity contribution in [3.05, 3.63) is 59.0 Å². The van der Waals surface area contributed by atoms with Crippen LogP contribution in [0.25, 0.3) is 21.8 Å². The van der Waals surface area contributed by atoms with Crippen molar-refractivity contribution in [3.63, 3.8) is 0 Å². The molecule has 0 fully saturated rings. The zero-order valence-electron chi connectivity index (χ0n) is 12.3. The zero-order valence-corrected chi connectivity index (χ0v) is 13.1. The Morgan fingerprint density at radius 2 is 1.79 bits per heavy atom. The molecule has 1 aromatic carbocycles. The molecule has 0 aliphatic rings. The Morgan fingerprint density at radius 1 is 1.08 bits per heavy atom. The molecule has 1 N–H and O–H groups in total. The van der Waals surface area contributed by atoms with Gasteiger partial charge in [0.15, 0.2) is 17.5 Å². The molecule has 0 bridgehead atoms. The van der Waals surface area contributed by atoms with Crippen LogP contribution < -0.4 is 0 Å². The highest BCUT2D eigenvalue weighted by Crippen LogP contribution is 2.36. The van der Waals surface area contributed by atoms with Gasteiger partial charge in [0.25, 0.3) is 0 Å². The minimum atomic E-state index is -1.57. The Bertz CT molecular complexity index is 926. The van der Waals surface area contributed by atoms with E-state index in [-0.39, 0.29) is 17.0 Å². The minimum absolute atomic E-state index is 0.0820. The molecule has 0 aliphatic carbocycles. The van der Waals surface area contributed by atoms with Crippen LogP contribution in [0.4, 0.5) is 13.2 Å². The minimum Gasteiger partial charge on any atom is -0.411 e. The standard InChI is InChI=1S/C16H10F3N3OS/c1-8(22-23)15-14(10-2-3-11(17)13(19)12(10)18)21-16(24-15)9-4-6-20-7-5-9/h2-7,23H,1H3/b22-8-. The van der Waals surface area contributed by atoms with Crippen molar-refractivity contribution in [2.24, 2.45) is 5.16 Å². The average molecular weight is 349 g/mol. The predicted molar refractivity (Wildman–Crippen MR) is 84.7 cm³/mol. The molecule has 0 amide bonds. The van der Waals surface area contributed by atoms with Gasteiger partial charge in [0, 0.05) is 23.5 Å². The number of nitrogens with zero attached hydrogens (tertiary/aromatic N) is 3. The molecule has 0 atom stereocenters. The molecule has 122 valence electrons. The van der Waals surface area contributed by atoms with Gasteiger partial charge in [0.2, 0.25) is 0 Å². The fraction of sp³-hybridized carbons (Fsp3) is 0.0625. The average Bonchev–Trinajstić information content (AvgIpc) is 3.05. The van der Waals surface area contributed by atoms with E-state index in [0.717, 1.165) is 29.0 Å². The molecule has 2 aromatic heterocycles. The lowest BCUT2D eigenvalue weighted by Gasteiger charge is -2.04. The smallest absolute Gasteiger partial charge is 0.195 e. The summed E-state index contributed by atoms with van der Waals surface area (Å²) in [4.78, 5) is 8.58. The van der Waals surface area contributed by atoms with Crippen LogP contribution in [0, 0.1) is 17.5 Å². The molecule has 3 rings (SSSR count). The Balaban J connectivity index is 2.24. The summed E-state index contributed by atoms with van der Waals surface area (Å²) in [5.41, 5.74) is 0.783. The monoisotopic (exact) mass is 349 g/mol.